The van der Waals surface area contributed by atoms with E-state index in [0.717, 1.165) is 87.1 Å². The monoisotopic (exact) mass is 603 g/mol. The van der Waals surface area contributed by atoms with Crippen molar-refractivity contribution in [1.82, 2.24) is 29.8 Å². The van der Waals surface area contributed by atoms with Gasteiger partial charge in [-0.3, -0.25) is 43.8 Å². The Hall–Kier alpha value is -4.06. The Bertz CT molecular complexity index is 1500. The molecule has 0 spiro atoms. The van der Waals surface area contributed by atoms with Gasteiger partial charge < -0.3 is 9.80 Å². The van der Waals surface area contributed by atoms with Crippen LogP contribution in [0.5, 0.6) is 0 Å². The van der Waals surface area contributed by atoms with E-state index in [0.29, 0.717) is 23.5 Å². The molecule has 0 bridgehead atoms. The molecule has 3 fully saturated rings. The number of piperidine rings is 2. The lowest BCUT2D eigenvalue weighted by atomic mass is 9.94. The number of hydrogen-bond donors (Lipinski definition) is 1. The van der Waals surface area contributed by atoms with Crippen LogP contribution in [-0.2, 0) is 27.9 Å². The molecule has 0 radical (unpaired) electrons. The zero-order chi connectivity index (χ0) is 31.1. The van der Waals surface area contributed by atoms with E-state index in [1.54, 1.807) is 12.1 Å². The number of aromatic nitrogens is 2. The molecule has 5 amide bonds. The lowest BCUT2D eigenvalue weighted by Crippen LogP contribution is -2.54. The number of rotatable bonds is 7. The Morgan fingerprint density at radius 2 is 1.68 bits per heavy atom. The summed E-state index contributed by atoms with van der Waals surface area (Å²) in [6, 6.07) is 4.34. The molecule has 234 valence electrons. The number of carbonyl (C=O) groups excluding carboxylic acids is 5. The van der Waals surface area contributed by atoms with Crippen molar-refractivity contribution < 1.29 is 24.0 Å². The van der Waals surface area contributed by atoms with Gasteiger partial charge in [0.25, 0.3) is 11.8 Å². The fourth-order valence-corrected chi connectivity index (χ4v) is 7.23. The van der Waals surface area contributed by atoms with Crippen LogP contribution in [-0.4, -0.2) is 106 Å². The van der Waals surface area contributed by atoms with Crippen LogP contribution in [0.25, 0.3) is 0 Å². The fourth-order valence-electron chi connectivity index (χ4n) is 7.23. The molecule has 0 saturated carbocycles. The predicted molar refractivity (Wildman–Crippen MR) is 162 cm³/mol. The van der Waals surface area contributed by atoms with Gasteiger partial charge in [-0.2, -0.15) is 5.10 Å². The fraction of sp³-hybridized carbons (Fsp3) is 0.562. The summed E-state index contributed by atoms with van der Waals surface area (Å²) in [5.41, 5.74) is 4.70. The molecule has 0 aliphatic carbocycles. The van der Waals surface area contributed by atoms with Crippen LogP contribution < -0.4 is 10.2 Å². The highest BCUT2D eigenvalue weighted by molar-refractivity contribution is 6.25. The quantitative estimate of drug-likeness (QED) is 0.471. The van der Waals surface area contributed by atoms with E-state index in [2.05, 4.69) is 20.2 Å². The molecule has 1 unspecified atom stereocenters. The van der Waals surface area contributed by atoms with E-state index in [1.807, 2.05) is 36.5 Å². The maximum atomic E-state index is 13.5. The van der Waals surface area contributed by atoms with Crippen LogP contribution in [0.2, 0.25) is 0 Å². The normalized spacial score (nSPS) is 21.7. The van der Waals surface area contributed by atoms with E-state index >= 15 is 0 Å². The number of amides is 5. The molecule has 2 aromatic rings. The second kappa shape index (κ2) is 12.1. The Morgan fingerprint density at radius 1 is 0.955 bits per heavy atom. The second-order valence-electron chi connectivity index (χ2n) is 12.5. The lowest BCUT2D eigenvalue weighted by molar-refractivity contribution is -0.136. The van der Waals surface area contributed by atoms with E-state index in [4.69, 9.17) is 0 Å². The van der Waals surface area contributed by atoms with E-state index in [1.165, 1.54) is 5.56 Å². The van der Waals surface area contributed by atoms with Crippen molar-refractivity contribution in [3.05, 3.63) is 46.3 Å². The second-order valence-corrected chi connectivity index (χ2v) is 12.5. The van der Waals surface area contributed by atoms with Crippen molar-refractivity contribution in [2.45, 2.75) is 58.4 Å². The number of nitrogens with zero attached hydrogens (tertiary/aromatic N) is 6. The third-order valence-electron chi connectivity index (χ3n) is 9.89. The number of hydrogen-bond acceptors (Lipinski definition) is 8. The predicted octanol–water partition coefficient (Wildman–Crippen LogP) is 1.43. The minimum atomic E-state index is -0.969. The molecule has 12 nitrogen and oxygen atoms in total. The average molecular weight is 604 g/mol. The number of piperazine rings is 1. The smallest absolute Gasteiger partial charge is 0.264 e. The summed E-state index contributed by atoms with van der Waals surface area (Å²) in [4.78, 5) is 71.4. The number of benzene rings is 1. The van der Waals surface area contributed by atoms with Gasteiger partial charge in [0.05, 0.1) is 22.5 Å². The number of nitrogens with one attached hydrogen (secondary N) is 1. The Balaban J connectivity index is 0.996. The topological polar surface area (TPSA) is 128 Å². The summed E-state index contributed by atoms with van der Waals surface area (Å²) in [5.74, 6) is -1.20. The van der Waals surface area contributed by atoms with Crippen LogP contribution >= 0.6 is 0 Å². The number of carbonyl (C=O) groups is 5. The first-order valence-corrected chi connectivity index (χ1v) is 15.7. The van der Waals surface area contributed by atoms with Crippen LogP contribution in [0.15, 0.2) is 18.2 Å². The first-order chi connectivity index (χ1) is 21.1. The van der Waals surface area contributed by atoms with Crippen LogP contribution in [0.1, 0.15) is 69.8 Å². The van der Waals surface area contributed by atoms with Crippen molar-refractivity contribution in [3.63, 3.8) is 0 Å². The first kappa shape index (κ1) is 30.0. The van der Waals surface area contributed by atoms with Gasteiger partial charge in [-0.05, 0) is 63.1 Å². The summed E-state index contributed by atoms with van der Waals surface area (Å²) < 4.78 is 1.88. The zero-order valence-corrected chi connectivity index (χ0v) is 25.8. The summed E-state index contributed by atoms with van der Waals surface area (Å²) in [6.07, 6.45) is 3.40. The van der Waals surface area contributed by atoms with Gasteiger partial charge in [0.2, 0.25) is 17.7 Å². The van der Waals surface area contributed by atoms with E-state index in [-0.39, 0.29) is 24.7 Å². The molecule has 5 heterocycles. The van der Waals surface area contributed by atoms with Crippen LogP contribution in [0.4, 0.5) is 5.69 Å². The van der Waals surface area contributed by atoms with Crippen molar-refractivity contribution in [3.8, 4) is 0 Å². The highest BCUT2D eigenvalue weighted by Crippen LogP contribution is 2.36. The van der Waals surface area contributed by atoms with Crippen molar-refractivity contribution in [1.29, 1.82) is 0 Å². The molecule has 1 N–H and O–H groups in total. The Labute approximate surface area is 257 Å². The van der Waals surface area contributed by atoms with Gasteiger partial charge in [0, 0.05) is 71.4 Å². The number of fused-ring (bicyclic) bond motifs is 1. The summed E-state index contributed by atoms with van der Waals surface area (Å²) in [5, 5.41) is 6.72. The third kappa shape index (κ3) is 5.62. The average Bonchev–Trinajstić information content (AvgIpc) is 3.41. The molecule has 1 aromatic carbocycles. The molecule has 1 atom stereocenters. The van der Waals surface area contributed by atoms with Gasteiger partial charge in [-0.1, -0.05) is 6.07 Å². The molecular weight excluding hydrogens is 562 g/mol. The molecule has 4 aliphatic heterocycles. The third-order valence-corrected chi connectivity index (χ3v) is 9.89. The molecule has 44 heavy (non-hydrogen) atoms. The molecule has 3 saturated heterocycles. The molecule has 6 rings (SSSR count). The standard InChI is InChI=1S/C32H41N7O5/c1-20-23(21(2)35(3)34-20)7-10-28(41)38-17-15-36(16-18-38)19-22-11-13-37(14-12-22)25-6-4-5-24-29(25)32(44)39(31(24)43)26-8-9-27(40)33-30(26)42/h4-6,22,26H,7-19H2,1-3H3,(H,33,40,42). The highest BCUT2D eigenvalue weighted by atomic mass is 16.2. The Kier molecular flexibility index (Phi) is 8.28. The maximum absolute atomic E-state index is 13.5. The molecule has 1 aromatic heterocycles. The van der Waals surface area contributed by atoms with Crippen LogP contribution in [0, 0.1) is 19.8 Å². The van der Waals surface area contributed by atoms with Crippen LogP contribution in [0.3, 0.4) is 0 Å². The summed E-state index contributed by atoms with van der Waals surface area (Å²) in [6.45, 7) is 9.81. The van der Waals surface area contributed by atoms with Crippen molar-refractivity contribution in [2.24, 2.45) is 13.0 Å². The molecular formula is C32H41N7O5. The van der Waals surface area contributed by atoms with Gasteiger partial charge >= 0.3 is 0 Å². The number of anilines is 1. The summed E-state index contributed by atoms with van der Waals surface area (Å²) >= 11 is 0. The van der Waals surface area contributed by atoms with E-state index < -0.39 is 23.8 Å². The first-order valence-electron chi connectivity index (χ1n) is 15.7. The van der Waals surface area contributed by atoms with Crippen molar-refractivity contribution >= 4 is 35.2 Å². The van der Waals surface area contributed by atoms with Gasteiger partial charge in [0.15, 0.2) is 0 Å². The number of aryl methyl sites for hydroxylation is 2. The maximum Gasteiger partial charge on any atom is 0.264 e. The Morgan fingerprint density at radius 3 is 2.34 bits per heavy atom. The minimum absolute atomic E-state index is 0.0984. The zero-order valence-electron chi connectivity index (χ0n) is 25.8. The lowest BCUT2D eigenvalue weighted by Gasteiger charge is -2.39. The van der Waals surface area contributed by atoms with Gasteiger partial charge in [-0.15, -0.1) is 0 Å². The molecule has 4 aliphatic rings. The van der Waals surface area contributed by atoms with Gasteiger partial charge in [-0.25, -0.2) is 0 Å². The minimum Gasteiger partial charge on any atom is -0.371 e. The SMILES string of the molecule is Cc1nn(C)c(C)c1CCC(=O)N1CCN(CC2CCN(c3cccc4c3C(=O)N(C3CCC(=O)NC3=O)C4=O)CC2)CC1. The largest absolute Gasteiger partial charge is 0.371 e. The molecule has 12 heteroatoms. The highest BCUT2D eigenvalue weighted by Gasteiger charge is 2.46. The van der Waals surface area contributed by atoms with Gasteiger partial charge in [0.1, 0.15) is 6.04 Å². The van der Waals surface area contributed by atoms with Crippen molar-refractivity contribution in [2.75, 3.05) is 50.7 Å². The van der Waals surface area contributed by atoms with E-state index in [9.17, 15) is 24.0 Å². The number of imide groups is 2. The summed E-state index contributed by atoms with van der Waals surface area (Å²) in [7, 11) is 1.94.